The molecule has 0 saturated heterocycles. The molecule has 1 saturated carbocycles. The molecule has 1 heterocycles. The minimum absolute atomic E-state index is 0.0851. The van der Waals surface area contributed by atoms with E-state index in [1.165, 1.54) is 25.7 Å². The van der Waals surface area contributed by atoms with Crippen LogP contribution >= 0.6 is 0 Å². The molecule has 1 aromatic heterocycles. The Hall–Kier alpha value is -0.870. The van der Waals surface area contributed by atoms with Gasteiger partial charge in [-0.1, -0.05) is 25.7 Å². The molecular formula is C13H23N3O. The zero-order chi connectivity index (χ0) is 12.3. The van der Waals surface area contributed by atoms with Gasteiger partial charge in [-0.15, -0.1) is 0 Å². The van der Waals surface area contributed by atoms with E-state index in [2.05, 4.69) is 5.10 Å². The first-order valence-electron chi connectivity index (χ1n) is 6.48. The van der Waals surface area contributed by atoms with Crippen molar-refractivity contribution in [3.05, 3.63) is 18.0 Å². The van der Waals surface area contributed by atoms with Gasteiger partial charge in [0.25, 0.3) is 0 Å². The highest BCUT2D eigenvalue weighted by atomic mass is 16.5. The van der Waals surface area contributed by atoms with Crippen molar-refractivity contribution in [3.63, 3.8) is 0 Å². The lowest BCUT2D eigenvalue weighted by molar-refractivity contribution is -0.0459. The molecule has 2 rings (SSSR count). The van der Waals surface area contributed by atoms with Crippen molar-refractivity contribution in [2.24, 2.45) is 12.8 Å². The third kappa shape index (κ3) is 2.38. The summed E-state index contributed by atoms with van der Waals surface area (Å²) in [7, 11) is 3.73. The molecule has 96 valence electrons. The molecule has 0 spiro atoms. The van der Waals surface area contributed by atoms with Gasteiger partial charge in [0, 0.05) is 20.4 Å². The first kappa shape index (κ1) is 12.6. The van der Waals surface area contributed by atoms with Gasteiger partial charge in [-0.05, 0) is 18.9 Å². The molecule has 1 aromatic rings. The molecule has 0 aromatic carbocycles. The maximum Gasteiger partial charge on any atom is 0.0885 e. The van der Waals surface area contributed by atoms with E-state index in [-0.39, 0.29) is 11.6 Å². The number of ether oxygens (including phenoxy) is 1. The van der Waals surface area contributed by atoms with Crippen LogP contribution in [-0.4, -0.2) is 22.5 Å². The molecular weight excluding hydrogens is 214 g/mol. The highest BCUT2D eigenvalue weighted by Gasteiger charge is 2.39. The SMILES string of the molecule is COC1(C(N)c2ccnn2C)CCCCCC1. The number of hydrogen-bond acceptors (Lipinski definition) is 3. The van der Waals surface area contributed by atoms with Gasteiger partial charge in [-0.25, -0.2) is 0 Å². The Kier molecular flexibility index (Phi) is 3.84. The smallest absolute Gasteiger partial charge is 0.0885 e. The van der Waals surface area contributed by atoms with E-state index < -0.39 is 0 Å². The normalized spacial score (nSPS) is 22.1. The van der Waals surface area contributed by atoms with Gasteiger partial charge in [0.2, 0.25) is 0 Å². The number of methoxy groups -OCH3 is 1. The van der Waals surface area contributed by atoms with Crippen LogP contribution in [0.1, 0.15) is 50.3 Å². The second kappa shape index (κ2) is 5.19. The Morgan fingerprint density at radius 3 is 2.47 bits per heavy atom. The maximum absolute atomic E-state index is 6.44. The first-order chi connectivity index (χ1) is 8.19. The average Bonchev–Trinajstić information content (AvgIpc) is 2.64. The summed E-state index contributed by atoms with van der Waals surface area (Å²) in [5.74, 6) is 0. The molecule has 1 unspecified atom stereocenters. The summed E-state index contributed by atoms with van der Waals surface area (Å²) in [6, 6.07) is 1.91. The predicted octanol–water partition coefficient (Wildman–Crippen LogP) is 2.16. The van der Waals surface area contributed by atoms with Crippen molar-refractivity contribution in [1.82, 2.24) is 9.78 Å². The fourth-order valence-electron chi connectivity index (χ4n) is 2.93. The van der Waals surface area contributed by atoms with Crippen LogP contribution in [0.15, 0.2) is 12.3 Å². The fourth-order valence-corrected chi connectivity index (χ4v) is 2.93. The monoisotopic (exact) mass is 237 g/mol. The van der Waals surface area contributed by atoms with Crippen LogP contribution in [0.25, 0.3) is 0 Å². The molecule has 0 amide bonds. The lowest BCUT2D eigenvalue weighted by Gasteiger charge is -2.37. The zero-order valence-electron chi connectivity index (χ0n) is 10.9. The number of nitrogens with zero attached hydrogens (tertiary/aromatic N) is 2. The van der Waals surface area contributed by atoms with E-state index in [9.17, 15) is 0 Å². The Balaban J connectivity index is 2.24. The Bertz CT molecular complexity index is 353. The topological polar surface area (TPSA) is 53.1 Å². The molecule has 4 heteroatoms. The molecule has 17 heavy (non-hydrogen) atoms. The standard InChI is InChI=1S/C13H23N3O/c1-16-11(7-10-15-16)12(14)13(17-2)8-5-3-4-6-9-13/h7,10,12H,3-6,8-9,14H2,1-2H3. The molecule has 4 nitrogen and oxygen atoms in total. The molecule has 1 aliphatic carbocycles. The summed E-state index contributed by atoms with van der Waals surface area (Å²) in [4.78, 5) is 0. The van der Waals surface area contributed by atoms with Crippen LogP contribution in [-0.2, 0) is 11.8 Å². The lowest BCUT2D eigenvalue weighted by atomic mass is 9.85. The summed E-state index contributed by atoms with van der Waals surface area (Å²) in [5, 5.41) is 4.20. The largest absolute Gasteiger partial charge is 0.376 e. The van der Waals surface area contributed by atoms with Gasteiger partial charge in [-0.3, -0.25) is 4.68 Å². The predicted molar refractivity (Wildman–Crippen MR) is 67.6 cm³/mol. The number of nitrogens with two attached hydrogens (primary N) is 1. The molecule has 0 radical (unpaired) electrons. The summed E-state index contributed by atoms with van der Waals surface area (Å²) in [5.41, 5.74) is 7.30. The molecule has 2 N–H and O–H groups in total. The molecule has 0 bridgehead atoms. The highest BCUT2D eigenvalue weighted by Crippen LogP contribution is 2.38. The number of hydrogen-bond donors (Lipinski definition) is 1. The first-order valence-corrected chi connectivity index (χ1v) is 6.48. The fraction of sp³-hybridized carbons (Fsp3) is 0.769. The van der Waals surface area contributed by atoms with Crippen LogP contribution in [0.3, 0.4) is 0 Å². The van der Waals surface area contributed by atoms with Gasteiger partial charge < -0.3 is 10.5 Å². The summed E-state index contributed by atoms with van der Waals surface area (Å²) in [6.07, 6.45) is 8.91. The van der Waals surface area contributed by atoms with Gasteiger partial charge >= 0.3 is 0 Å². The average molecular weight is 237 g/mol. The molecule has 1 aliphatic rings. The second-order valence-electron chi connectivity index (χ2n) is 5.04. The third-order valence-corrected chi connectivity index (χ3v) is 4.10. The van der Waals surface area contributed by atoms with Crippen molar-refractivity contribution in [2.45, 2.75) is 50.2 Å². The molecule has 1 atom stereocenters. The van der Waals surface area contributed by atoms with Crippen molar-refractivity contribution < 1.29 is 4.74 Å². The highest BCUT2D eigenvalue weighted by molar-refractivity contribution is 5.12. The van der Waals surface area contributed by atoms with Crippen LogP contribution in [0, 0.1) is 0 Å². The van der Waals surface area contributed by atoms with Gasteiger partial charge in [0.1, 0.15) is 0 Å². The summed E-state index contributed by atoms with van der Waals surface area (Å²) in [6.45, 7) is 0. The second-order valence-corrected chi connectivity index (χ2v) is 5.04. The van der Waals surface area contributed by atoms with E-state index in [0.29, 0.717) is 0 Å². The number of aryl methyl sites for hydroxylation is 1. The van der Waals surface area contributed by atoms with E-state index in [1.54, 1.807) is 13.3 Å². The number of aromatic nitrogens is 2. The molecule has 1 fully saturated rings. The van der Waals surface area contributed by atoms with E-state index >= 15 is 0 Å². The van der Waals surface area contributed by atoms with Gasteiger partial charge in [-0.2, -0.15) is 5.10 Å². The van der Waals surface area contributed by atoms with Gasteiger partial charge in [0.05, 0.1) is 17.3 Å². The zero-order valence-corrected chi connectivity index (χ0v) is 10.9. The quantitative estimate of drug-likeness (QED) is 0.820. The third-order valence-electron chi connectivity index (χ3n) is 4.10. The van der Waals surface area contributed by atoms with Crippen LogP contribution in [0.4, 0.5) is 0 Å². The van der Waals surface area contributed by atoms with Crippen molar-refractivity contribution in [1.29, 1.82) is 0 Å². The maximum atomic E-state index is 6.44. The lowest BCUT2D eigenvalue weighted by Crippen LogP contribution is -2.43. The van der Waals surface area contributed by atoms with E-state index in [1.807, 2.05) is 17.8 Å². The molecule has 0 aliphatic heterocycles. The Morgan fingerprint density at radius 1 is 1.35 bits per heavy atom. The van der Waals surface area contributed by atoms with Crippen molar-refractivity contribution in [3.8, 4) is 0 Å². The van der Waals surface area contributed by atoms with E-state index in [0.717, 1.165) is 18.5 Å². The summed E-state index contributed by atoms with van der Waals surface area (Å²) < 4.78 is 7.69. The minimum Gasteiger partial charge on any atom is -0.376 e. The van der Waals surface area contributed by atoms with Crippen molar-refractivity contribution >= 4 is 0 Å². The number of rotatable bonds is 3. The van der Waals surface area contributed by atoms with Gasteiger partial charge in [0.15, 0.2) is 0 Å². The Morgan fingerprint density at radius 2 is 2.00 bits per heavy atom. The van der Waals surface area contributed by atoms with Crippen LogP contribution < -0.4 is 5.73 Å². The Labute approximate surface area is 103 Å². The van der Waals surface area contributed by atoms with E-state index in [4.69, 9.17) is 10.5 Å². The minimum atomic E-state index is -0.204. The van der Waals surface area contributed by atoms with Crippen LogP contribution in [0.5, 0.6) is 0 Å². The summed E-state index contributed by atoms with van der Waals surface area (Å²) >= 11 is 0. The van der Waals surface area contributed by atoms with Crippen LogP contribution in [0.2, 0.25) is 0 Å². The van der Waals surface area contributed by atoms with Crippen molar-refractivity contribution in [2.75, 3.05) is 7.11 Å².